The molecule has 2 fully saturated rings. The molecule has 4 aromatic rings. The van der Waals surface area contributed by atoms with E-state index >= 15 is 0 Å². The SMILES string of the molecule is C#Cc1c(F)ccc2cc(O)cc(-c3oc(=O)c4c(N5CCCC6(CC6)C5)nc(OC)nc4c3C)c12. The Labute approximate surface area is 206 Å². The normalized spacial score (nSPS) is 16.4. The van der Waals surface area contributed by atoms with E-state index in [0.29, 0.717) is 38.6 Å². The lowest BCUT2D eigenvalue weighted by atomic mass is 9.94. The van der Waals surface area contributed by atoms with Gasteiger partial charge in [0.05, 0.1) is 18.2 Å². The number of hydrogen-bond acceptors (Lipinski definition) is 7. The van der Waals surface area contributed by atoms with Crippen LogP contribution in [-0.2, 0) is 0 Å². The molecule has 1 saturated carbocycles. The molecule has 0 atom stereocenters. The van der Waals surface area contributed by atoms with Gasteiger partial charge in [0.1, 0.15) is 22.7 Å². The lowest BCUT2D eigenvalue weighted by Crippen LogP contribution is -2.37. The highest BCUT2D eigenvalue weighted by molar-refractivity contribution is 6.03. The monoisotopic (exact) mass is 485 g/mol. The molecule has 1 aliphatic heterocycles. The number of aromatic hydroxyl groups is 1. The fourth-order valence-corrected chi connectivity index (χ4v) is 5.51. The third kappa shape index (κ3) is 3.38. The molecule has 2 aromatic carbocycles. The number of hydrogen-bond donors (Lipinski definition) is 1. The highest BCUT2D eigenvalue weighted by Crippen LogP contribution is 2.53. The van der Waals surface area contributed by atoms with E-state index in [1.165, 1.54) is 50.6 Å². The Balaban J connectivity index is 1.64. The Hall–Kier alpha value is -4.12. The first-order valence-electron chi connectivity index (χ1n) is 11.9. The van der Waals surface area contributed by atoms with Gasteiger partial charge in [0.15, 0.2) is 5.82 Å². The quantitative estimate of drug-likeness (QED) is 0.412. The molecule has 0 bridgehead atoms. The number of piperidine rings is 1. The third-order valence-corrected chi connectivity index (χ3v) is 7.51. The summed E-state index contributed by atoms with van der Waals surface area (Å²) in [6.45, 7) is 3.36. The number of rotatable bonds is 3. The first-order chi connectivity index (χ1) is 17.3. The van der Waals surface area contributed by atoms with Gasteiger partial charge in [-0.05, 0) is 61.6 Å². The number of terminal acetylenes is 1. The highest BCUT2D eigenvalue weighted by atomic mass is 19.1. The number of phenols is 1. The smallest absolute Gasteiger partial charge is 0.349 e. The minimum absolute atomic E-state index is 0.0219. The number of methoxy groups -OCH3 is 1. The molecule has 3 heterocycles. The van der Waals surface area contributed by atoms with Gasteiger partial charge in [0.2, 0.25) is 0 Å². The average Bonchev–Trinajstić information content (AvgIpc) is 3.62. The number of aryl methyl sites for hydroxylation is 1. The predicted molar refractivity (Wildman–Crippen MR) is 135 cm³/mol. The molecule has 0 amide bonds. The maximum absolute atomic E-state index is 14.6. The van der Waals surface area contributed by atoms with Crippen molar-refractivity contribution in [2.45, 2.75) is 32.6 Å². The zero-order chi connectivity index (χ0) is 25.2. The van der Waals surface area contributed by atoms with Gasteiger partial charge in [-0.1, -0.05) is 12.0 Å². The van der Waals surface area contributed by atoms with Crippen LogP contribution >= 0.6 is 0 Å². The maximum atomic E-state index is 14.6. The van der Waals surface area contributed by atoms with Crippen molar-refractivity contribution >= 4 is 27.5 Å². The lowest BCUT2D eigenvalue weighted by Gasteiger charge is -2.34. The second-order valence-corrected chi connectivity index (χ2v) is 9.78. The summed E-state index contributed by atoms with van der Waals surface area (Å²) in [5.41, 5.74) is 0.927. The fourth-order valence-electron chi connectivity index (χ4n) is 5.51. The Kier molecular flexibility index (Phi) is 4.94. The van der Waals surface area contributed by atoms with Crippen LogP contribution in [0.25, 0.3) is 33.0 Å². The molecule has 1 aliphatic carbocycles. The Morgan fingerprint density at radius 1 is 1.22 bits per heavy atom. The molecular weight excluding hydrogens is 461 g/mol. The minimum atomic E-state index is -0.617. The fraction of sp³-hybridized carbons (Fsp3) is 0.321. The Morgan fingerprint density at radius 3 is 2.75 bits per heavy atom. The van der Waals surface area contributed by atoms with E-state index in [-0.39, 0.29) is 28.5 Å². The summed E-state index contributed by atoms with van der Waals surface area (Å²) in [6, 6.07) is 5.82. The topological polar surface area (TPSA) is 88.7 Å². The molecule has 8 heteroatoms. The standard InChI is InChI=1S/C28H24FN3O4/c1-4-18-20(29)7-6-16-12-17(33)13-19(21(16)18)24-15(2)23-22(26(34)36-24)25(31-27(30-23)35-3)32-11-5-8-28(14-32)9-10-28/h1,6-7,12-13,33H,5,8-11,14H2,2-3H3. The van der Waals surface area contributed by atoms with Gasteiger partial charge < -0.3 is 19.2 Å². The van der Waals surface area contributed by atoms with E-state index < -0.39 is 11.4 Å². The highest BCUT2D eigenvalue weighted by Gasteiger charge is 2.46. The molecule has 1 saturated heterocycles. The lowest BCUT2D eigenvalue weighted by molar-refractivity contribution is 0.374. The predicted octanol–water partition coefficient (Wildman–Crippen LogP) is 4.93. The summed E-state index contributed by atoms with van der Waals surface area (Å²) < 4.78 is 25.9. The van der Waals surface area contributed by atoms with Gasteiger partial charge in [0.25, 0.3) is 0 Å². The molecule has 1 N–H and O–H groups in total. The first kappa shape index (κ1) is 22.4. The van der Waals surface area contributed by atoms with Crippen LogP contribution in [0.2, 0.25) is 0 Å². The minimum Gasteiger partial charge on any atom is -0.508 e. The Bertz CT molecular complexity index is 1670. The van der Waals surface area contributed by atoms with Crippen molar-refractivity contribution in [3.05, 3.63) is 51.6 Å². The zero-order valence-electron chi connectivity index (χ0n) is 20.0. The van der Waals surface area contributed by atoms with Crippen LogP contribution in [0.1, 0.15) is 36.8 Å². The Morgan fingerprint density at radius 2 is 2.03 bits per heavy atom. The number of halogens is 1. The molecule has 1 spiro atoms. The second kappa shape index (κ2) is 7.95. The third-order valence-electron chi connectivity index (χ3n) is 7.51. The van der Waals surface area contributed by atoms with Gasteiger partial charge in [0, 0.05) is 29.6 Å². The van der Waals surface area contributed by atoms with Crippen molar-refractivity contribution in [1.82, 2.24) is 9.97 Å². The molecule has 2 aromatic heterocycles. The number of aromatic nitrogens is 2. The van der Waals surface area contributed by atoms with Crippen LogP contribution in [0.3, 0.4) is 0 Å². The first-order valence-corrected chi connectivity index (χ1v) is 11.9. The average molecular weight is 486 g/mol. The summed E-state index contributed by atoms with van der Waals surface area (Å²) >= 11 is 0. The van der Waals surface area contributed by atoms with Crippen LogP contribution in [0.5, 0.6) is 11.8 Å². The van der Waals surface area contributed by atoms with E-state index in [1.54, 1.807) is 6.92 Å². The van der Waals surface area contributed by atoms with Gasteiger partial charge in [-0.25, -0.2) is 9.18 Å². The van der Waals surface area contributed by atoms with E-state index in [0.717, 1.165) is 19.5 Å². The molecule has 36 heavy (non-hydrogen) atoms. The van der Waals surface area contributed by atoms with Crippen molar-refractivity contribution in [2.24, 2.45) is 5.41 Å². The van der Waals surface area contributed by atoms with Crippen molar-refractivity contribution in [1.29, 1.82) is 0 Å². The molecular formula is C28H24FN3O4. The summed E-state index contributed by atoms with van der Waals surface area (Å²) in [5, 5.41) is 11.6. The van der Waals surface area contributed by atoms with Crippen LogP contribution in [0.4, 0.5) is 10.2 Å². The number of anilines is 1. The molecule has 6 rings (SSSR count). The van der Waals surface area contributed by atoms with Crippen LogP contribution in [-0.4, -0.2) is 35.3 Å². The van der Waals surface area contributed by atoms with Crippen LogP contribution < -0.4 is 15.3 Å². The van der Waals surface area contributed by atoms with E-state index in [2.05, 4.69) is 20.8 Å². The van der Waals surface area contributed by atoms with Crippen LogP contribution in [0, 0.1) is 30.5 Å². The van der Waals surface area contributed by atoms with Crippen molar-refractivity contribution in [2.75, 3.05) is 25.1 Å². The molecule has 7 nitrogen and oxygen atoms in total. The molecule has 0 unspecified atom stereocenters. The van der Waals surface area contributed by atoms with Gasteiger partial charge in [-0.3, -0.25) is 0 Å². The van der Waals surface area contributed by atoms with Crippen molar-refractivity contribution in [3.63, 3.8) is 0 Å². The van der Waals surface area contributed by atoms with Gasteiger partial charge in [-0.2, -0.15) is 9.97 Å². The van der Waals surface area contributed by atoms with E-state index in [4.69, 9.17) is 15.6 Å². The summed E-state index contributed by atoms with van der Waals surface area (Å²) in [6.07, 6.45) is 10.2. The van der Waals surface area contributed by atoms with Gasteiger partial charge in [-0.15, -0.1) is 6.42 Å². The summed E-state index contributed by atoms with van der Waals surface area (Å²) in [7, 11) is 1.48. The largest absolute Gasteiger partial charge is 0.508 e. The number of benzene rings is 2. The maximum Gasteiger partial charge on any atom is 0.349 e. The summed E-state index contributed by atoms with van der Waals surface area (Å²) in [5.74, 6) is 2.40. The molecule has 2 aliphatic rings. The second-order valence-electron chi connectivity index (χ2n) is 9.78. The summed E-state index contributed by atoms with van der Waals surface area (Å²) in [4.78, 5) is 24.7. The van der Waals surface area contributed by atoms with E-state index in [1.807, 2.05) is 0 Å². The van der Waals surface area contributed by atoms with E-state index in [9.17, 15) is 14.3 Å². The number of fused-ring (bicyclic) bond motifs is 2. The van der Waals surface area contributed by atoms with Crippen molar-refractivity contribution in [3.8, 4) is 35.4 Å². The number of ether oxygens (including phenoxy) is 1. The van der Waals surface area contributed by atoms with Crippen molar-refractivity contribution < 1.29 is 18.7 Å². The molecule has 182 valence electrons. The molecule has 0 radical (unpaired) electrons. The van der Waals surface area contributed by atoms with Gasteiger partial charge >= 0.3 is 11.6 Å². The number of nitrogens with zero attached hydrogens (tertiary/aromatic N) is 3. The number of phenolic OH excluding ortho intramolecular Hbond substituents is 1. The van der Waals surface area contributed by atoms with Crippen LogP contribution in [0.15, 0.2) is 33.5 Å². The zero-order valence-corrected chi connectivity index (χ0v) is 20.0.